The van der Waals surface area contributed by atoms with Crippen LogP contribution < -0.4 is 0 Å². The normalized spacial score (nSPS) is 28.1. The lowest BCUT2D eigenvalue weighted by Crippen LogP contribution is -2.46. The van der Waals surface area contributed by atoms with Gasteiger partial charge in [-0.15, -0.1) is 0 Å². The molecule has 5 heterocycles. The molecule has 0 amide bonds. The largest absolute Gasteiger partial charge is 0.346 e. The number of nitrogens with one attached hydrogen (secondary N) is 1. The van der Waals surface area contributed by atoms with Crippen LogP contribution in [-0.4, -0.2) is 50.6 Å². The van der Waals surface area contributed by atoms with Crippen molar-refractivity contribution in [3.63, 3.8) is 0 Å². The summed E-state index contributed by atoms with van der Waals surface area (Å²) < 4.78 is 28.2. The maximum Gasteiger partial charge on any atom is 0.211 e. The number of sulfonamides is 1. The van der Waals surface area contributed by atoms with Crippen LogP contribution in [0.25, 0.3) is 22.1 Å². The minimum Gasteiger partial charge on any atom is -0.346 e. The Bertz CT molecular complexity index is 1020. The van der Waals surface area contributed by atoms with Crippen LogP contribution in [0.15, 0.2) is 24.8 Å². The number of piperidine rings is 1. The van der Waals surface area contributed by atoms with Crippen molar-refractivity contribution in [2.24, 2.45) is 0 Å². The van der Waals surface area contributed by atoms with Crippen molar-refractivity contribution in [3.05, 3.63) is 24.8 Å². The highest BCUT2D eigenvalue weighted by Gasteiger charge is 2.45. The molecular formula is C16H19N5O2S. The molecule has 3 atom stereocenters. The van der Waals surface area contributed by atoms with Crippen LogP contribution in [-0.2, 0) is 10.0 Å². The molecule has 2 saturated heterocycles. The number of aromatic nitrogens is 4. The van der Waals surface area contributed by atoms with Gasteiger partial charge in [0.1, 0.15) is 11.2 Å². The van der Waals surface area contributed by atoms with Gasteiger partial charge in [0.05, 0.1) is 24.3 Å². The molecule has 2 bridgehead atoms. The first-order chi connectivity index (χ1) is 11.5. The quantitative estimate of drug-likeness (QED) is 0.770. The SMILES string of the molecule is CS(=O)(=O)N1[C@@H]2CC[C@H]1C[C@H](n1cnc3cnc4[nH]ccc4c31)C2. The summed E-state index contributed by atoms with van der Waals surface area (Å²) in [5.74, 6) is 0. The van der Waals surface area contributed by atoms with Crippen molar-refractivity contribution in [1.29, 1.82) is 0 Å². The van der Waals surface area contributed by atoms with Gasteiger partial charge in [0.15, 0.2) is 0 Å². The molecule has 0 radical (unpaired) electrons. The third kappa shape index (κ3) is 1.96. The van der Waals surface area contributed by atoms with E-state index in [9.17, 15) is 8.42 Å². The molecule has 2 aliphatic rings. The minimum absolute atomic E-state index is 0.116. The summed E-state index contributed by atoms with van der Waals surface area (Å²) in [6.45, 7) is 0. The molecule has 8 heteroatoms. The first-order valence-electron chi connectivity index (χ1n) is 8.29. The second kappa shape index (κ2) is 4.80. The molecule has 0 unspecified atom stereocenters. The van der Waals surface area contributed by atoms with Gasteiger partial charge in [-0.1, -0.05) is 0 Å². The molecule has 2 fully saturated rings. The van der Waals surface area contributed by atoms with Crippen LogP contribution in [0.2, 0.25) is 0 Å². The van der Waals surface area contributed by atoms with E-state index in [-0.39, 0.29) is 18.1 Å². The second-order valence-corrected chi connectivity index (χ2v) is 8.87. The first kappa shape index (κ1) is 14.4. The molecular weight excluding hydrogens is 326 g/mol. The predicted molar refractivity (Wildman–Crippen MR) is 91.1 cm³/mol. The van der Waals surface area contributed by atoms with Gasteiger partial charge in [-0.25, -0.2) is 18.4 Å². The predicted octanol–water partition coefficient (Wildman–Crippen LogP) is 2.04. The zero-order chi connectivity index (χ0) is 16.5. The molecule has 0 saturated carbocycles. The lowest BCUT2D eigenvalue weighted by molar-refractivity contribution is 0.196. The number of hydrogen-bond donors (Lipinski definition) is 1. The van der Waals surface area contributed by atoms with Gasteiger partial charge >= 0.3 is 0 Å². The fourth-order valence-electron chi connectivity index (χ4n) is 4.68. The summed E-state index contributed by atoms with van der Waals surface area (Å²) in [5, 5.41) is 1.07. The summed E-state index contributed by atoms with van der Waals surface area (Å²) in [6.07, 6.45) is 10.5. The van der Waals surface area contributed by atoms with Crippen molar-refractivity contribution >= 4 is 32.1 Å². The van der Waals surface area contributed by atoms with Crippen molar-refractivity contribution in [3.8, 4) is 0 Å². The highest BCUT2D eigenvalue weighted by molar-refractivity contribution is 7.88. The van der Waals surface area contributed by atoms with Gasteiger partial charge in [-0.3, -0.25) is 0 Å². The number of pyridine rings is 1. The average Bonchev–Trinajstić information content (AvgIpc) is 3.21. The fourth-order valence-corrected chi connectivity index (χ4v) is 6.15. The van der Waals surface area contributed by atoms with Crippen LogP contribution in [0.1, 0.15) is 31.7 Å². The van der Waals surface area contributed by atoms with Crippen molar-refractivity contribution < 1.29 is 8.42 Å². The number of imidazole rings is 1. The van der Waals surface area contributed by atoms with Gasteiger partial charge in [0, 0.05) is 29.7 Å². The summed E-state index contributed by atoms with van der Waals surface area (Å²) in [4.78, 5) is 12.1. The zero-order valence-electron chi connectivity index (χ0n) is 13.4. The average molecular weight is 345 g/mol. The van der Waals surface area contributed by atoms with Crippen molar-refractivity contribution in [2.45, 2.75) is 43.8 Å². The van der Waals surface area contributed by atoms with Crippen LogP contribution in [0.4, 0.5) is 0 Å². The molecule has 24 heavy (non-hydrogen) atoms. The number of rotatable bonds is 2. The van der Waals surface area contributed by atoms with E-state index in [0.29, 0.717) is 0 Å². The monoisotopic (exact) mass is 345 g/mol. The van der Waals surface area contributed by atoms with Crippen molar-refractivity contribution in [2.75, 3.05) is 6.26 Å². The third-order valence-corrected chi connectivity index (χ3v) is 6.90. The summed E-state index contributed by atoms with van der Waals surface area (Å²) in [7, 11) is -3.13. The number of nitrogens with zero attached hydrogens (tertiary/aromatic N) is 4. The van der Waals surface area contributed by atoms with E-state index in [1.807, 2.05) is 18.6 Å². The number of hydrogen-bond acceptors (Lipinski definition) is 4. The van der Waals surface area contributed by atoms with E-state index >= 15 is 0 Å². The Hall–Kier alpha value is -1.93. The Morgan fingerprint density at radius 2 is 1.92 bits per heavy atom. The second-order valence-electron chi connectivity index (χ2n) is 6.99. The van der Waals surface area contributed by atoms with E-state index in [0.717, 1.165) is 47.8 Å². The van der Waals surface area contributed by atoms with E-state index in [2.05, 4.69) is 19.5 Å². The minimum atomic E-state index is -3.13. The topological polar surface area (TPSA) is 83.9 Å². The van der Waals surface area contributed by atoms with E-state index in [4.69, 9.17) is 0 Å². The maximum atomic E-state index is 12.1. The summed E-state index contributed by atoms with van der Waals surface area (Å²) >= 11 is 0. The van der Waals surface area contributed by atoms with E-state index in [1.165, 1.54) is 6.26 Å². The molecule has 0 aliphatic carbocycles. The number of H-pyrrole nitrogens is 1. The van der Waals surface area contributed by atoms with Gasteiger partial charge in [0.2, 0.25) is 10.0 Å². The smallest absolute Gasteiger partial charge is 0.211 e. The number of aromatic amines is 1. The molecule has 7 nitrogen and oxygen atoms in total. The molecule has 126 valence electrons. The van der Waals surface area contributed by atoms with Gasteiger partial charge in [0.25, 0.3) is 0 Å². The molecule has 0 spiro atoms. The standard InChI is InChI=1S/C16H19N5O2S/c1-24(22,23)21-10-2-3-11(21)7-12(6-10)20-9-19-14-8-18-16-13(15(14)20)4-5-17-16/h4-5,8-12H,2-3,6-7H2,1H3,(H,17,18)/t10-,11+,12-. The van der Waals surface area contributed by atoms with Gasteiger partial charge < -0.3 is 9.55 Å². The Labute approximate surface area is 139 Å². The first-order valence-corrected chi connectivity index (χ1v) is 10.1. The highest BCUT2D eigenvalue weighted by atomic mass is 32.2. The maximum absolute atomic E-state index is 12.1. The van der Waals surface area contributed by atoms with Gasteiger partial charge in [-0.2, -0.15) is 4.31 Å². The molecule has 3 aromatic rings. The molecule has 1 N–H and O–H groups in total. The molecule has 3 aromatic heterocycles. The Morgan fingerprint density at radius 3 is 2.62 bits per heavy atom. The summed E-state index contributed by atoms with van der Waals surface area (Å²) in [5.41, 5.74) is 2.85. The molecule has 5 rings (SSSR count). The van der Waals surface area contributed by atoms with Crippen LogP contribution in [0.3, 0.4) is 0 Å². The molecule has 0 aromatic carbocycles. The lowest BCUT2D eigenvalue weighted by atomic mass is 9.99. The lowest BCUT2D eigenvalue weighted by Gasteiger charge is -2.37. The Kier molecular flexibility index (Phi) is 2.88. The van der Waals surface area contributed by atoms with Crippen LogP contribution in [0, 0.1) is 0 Å². The molecule has 2 aliphatic heterocycles. The highest BCUT2D eigenvalue weighted by Crippen LogP contribution is 2.43. The van der Waals surface area contributed by atoms with E-state index < -0.39 is 10.0 Å². The Morgan fingerprint density at radius 1 is 1.17 bits per heavy atom. The zero-order valence-corrected chi connectivity index (χ0v) is 14.2. The Balaban J connectivity index is 1.59. The van der Waals surface area contributed by atoms with Crippen LogP contribution >= 0.6 is 0 Å². The van der Waals surface area contributed by atoms with E-state index in [1.54, 1.807) is 10.5 Å². The van der Waals surface area contributed by atoms with Crippen molar-refractivity contribution in [1.82, 2.24) is 23.8 Å². The van der Waals surface area contributed by atoms with Crippen LogP contribution in [0.5, 0.6) is 0 Å². The summed E-state index contributed by atoms with van der Waals surface area (Å²) in [6, 6.07) is 2.55. The number of fused-ring (bicyclic) bond motifs is 5. The third-order valence-electron chi connectivity index (χ3n) is 5.54. The van der Waals surface area contributed by atoms with Gasteiger partial charge in [-0.05, 0) is 31.7 Å². The fraction of sp³-hybridized carbons (Fsp3) is 0.500.